The van der Waals surface area contributed by atoms with E-state index >= 15 is 0 Å². The Morgan fingerprint density at radius 3 is 2.38 bits per heavy atom. The van der Waals surface area contributed by atoms with E-state index < -0.39 is 6.36 Å². The van der Waals surface area contributed by atoms with Gasteiger partial charge in [-0.25, -0.2) is 0 Å². The Kier molecular flexibility index (Phi) is 3.89. The SMILES string of the molecule is N#Cc1cccc(Nc2ccccc2OC(F)(F)F)c1N. The third-order valence-electron chi connectivity index (χ3n) is 2.61. The summed E-state index contributed by atoms with van der Waals surface area (Å²) in [5.41, 5.74) is 6.58. The first-order valence-corrected chi connectivity index (χ1v) is 5.81. The van der Waals surface area contributed by atoms with Crippen molar-refractivity contribution in [2.24, 2.45) is 0 Å². The second-order valence-corrected chi connectivity index (χ2v) is 4.05. The molecule has 0 radical (unpaired) electrons. The molecule has 108 valence electrons. The summed E-state index contributed by atoms with van der Waals surface area (Å²) in [5, 5.41) is 11.6. The van der Waals surface area contributed by atoms with E-state index in [1.807, 2.05) is 6.07 Å². The van der Waals surface area contributed by atoms with Crippen LogP contribution < -0.4 is 15.8 Å². The molecule has 0 heterocycles. The Balaban J connectivity index is 2.35. The Bertz CT molecular complexity index is 693. The average molecular weight is 293 g/mol. The molecular formula is C14H10F3N3O. The number of hydrogen-bond donors (Lipinski definition) is 2. The Morgan fingerprint density at radius 2 is 1.71 bits per heavy atom. The van der Waals surface area contributed by atoms with Crippen molar-refractivity contribution in [1.29, 1.82) is 5.26 Å². The summed E-state index contributed by atoms with van der Waals surface area (Å²) in [7, 11) is 0. The highest BCUT2D eigenvalue weighted by atomic mass is 19.4. The first-order chi connectivity index (χ1) is 9.90. The predicted molar refractivity (Wildman–Crippen MR) is 72.0 cm³/mol. The molecule has 21 heavy (non-hydrogen) atoms. The van der Waals surface area contributed by atoms with Gasteiger partial charge in [0, 0.05) is 0 Å². The maximum Gasteiger partial charge on any atom is 0.573 e. The molecule has 0 aromatic heterocycles. The van der Waals surface area contributed by atoms with E-state index in [9.17, 15) is 13.2 Å². The van der Waals surface area contributed by atoms with E-state index in [1.54, 1.807) is 18.2 Å². The minimum atomic E-state index is -4.79. The van der Waals surface area contributed by atoms with Crippen molar-refractivity contribution >= 4 is 17.1 Å². The normalized spacial score (nSPS) is 10.8. The van der Waals surface area contributed by atoms with Gasteiger partial charge in [-0.3, -0.25) is 0 Å². The van der Waals surface area contributed by atoms with Gasteiger partial charge in [-0.15, -0.1) is 13.2 Å². The monoisotopic (exact) mass is 293 g/mol. The number of nitriles is 1. The number of nitrogens with one attached hydrogen (secondary N) is 1. The van der Waals surface area contributed by atoms with Crippen LogP contribution in [0.2, 0.25) is 0 Å². The van der Waals surface area contributed by atoms with Gasteiger partial charge in [0.05, 0.1) is 22.6 Å². The second-order valence-electron chi connectivity index (χ2n) is 4.05. The number of rotatable bonds is 3. The van der Waals surface area contributed by atoms with Crippen LogP contribution in [-0.4, -0.2) is 6.36 Å². The molecule has 0 saturated heterocycles. The van der Waals surface area contributed by atoms with E-state index in [0.717, 1.165) is 0 Å². The Morgan fingerprint density at radius 1 is 1.05 bits per heavy atom. The van der Waals surface area contributed by atoms with Crippen LogP contribution in [0.5, 0.6) is 5.75 Å². The number of halogens is 3. The molecule has 7 heteroatoms. The maximum absolute atomic E-state index is 12.3. The first-order valence-electron chi connectivity index (χ1n) is 5.81. The lowest BCUT2D eigenvalue weighted by molar-refractivity contribution is -0.274. The number of nitrogens with two attached hydrogens (primary N) is 1. The lowest BCUT2D eigenvalue weighted by Gasteiger charge is -2.15. The standard InChI is InChI=1S/C14H10F3N3O/c15-14(16,17)21-12-7-2-1-5-10(12)20-11-6-3-4-9(8-18)13(11)19/h1-7,20H,19H2. The lowest BCUT2D eigenvalue weighted by Crippen LogP contribution is -2.17. The molecular weight excluding hydrogens is 283 g/mol. The van der Waals surface area contributed by atoms with E-state index in [1.165, 1.54) is 24.3 Å². The van der Waals surface area contributed by atoms with Gasteiger partial charge in [-0.1, -0.05) is 18.2 Å². The highest BCUT2D eigenvalue weighted by Crippen LogP contribution is 2.34. The maximum atomic E-state index is 12.3. The number of hydrogen-bond acceptors (Lipinski definition) is 4. The fourth-order valence-electron chi connectivity index (χ4n) is 1.70. The van der Waals surface area contributed by atoms with E-state index in [-0.39, 0.29) is 22.7 Å². The van der Waals surface area contributed by atoms with Gasteiger partial charge >= 0.3 is 6.36 Å². The zero-order valence-corrected chi connectivity index (χ0v) is 10.6. The van der Waals surface area contributed by atoms with Crippen molar-refractivity contribution in [3.63, 3.8) is 0 Å². The van der Waals surface area contributed by atoms with Crippen LogP contribution in [0.15, 0.2) is 42.5 Å². The van der Waals surface area contributed by atoms with Gasteiger partial charge in [0.2, 0.25) is 0 Å². The molecule has 3 N–H and O–H groups in total. The van der Waals surface area contributed by atoms with Gasteiger partial charge in [0.1, 0.15) is 6.07 Å². The molecule has 0 aliphatic rings. The van der Waals surface area contributed by atoms with Gasteiger partial charge < -0.3 is 15.8 Å². The van der Waals surface area contributed by atoms with Gasteiger partial charge in [0.25, 0.3) is 0 Å². The van der Waals surface area contributed by atoms with Crippen LogP contribution in [0.3, 0.4) is 0 Å². The van der Waals surface area contributed by atoms with E-state index in [4.69, 9.17) is 11.0 Å². The summed E-state index contributed by atoms with van der Waals surface area (Å²) in [4.78, 5) is 0. The number of nitrogen functional groups attached to an aromatic ring is 1. The Hall–Kier alpha value is -2.88. The lowest BCUT2D eigenvalue weighted by atomic mass is 10.1. The van der Waals surface area contributed by atoms with Gasteiger partial charge in [-0.05, 0) is 24.3 Å². The number of anilines is 3. The van der Waals surface area contributed by atoms with Gasteiger partial charge in [0.15, 0.2) is 5.75 Å². The van der Waals surface area contributed by atoms with Crippen molar-refractivity contribution in [2.75, 3.05) is 11.1 Å². The summed E-state index contributed by atoms with van der Waals surface area (Å²) < 4.78 is 41.0. The minimum absolute atomic E-state index is 0.0941. The van der Waals surface area contributed by atoms with Crippen molar-refractivity contribution < 1.29 is 17.9 Å². The van der Waals surface area contributed by atoms with Crippen LogP contribution in [0.25, 0.3) is 0 Å². The quantitative estimate of drug-likeness (QED) is 0.845. The average Bonchev–Trinajstić information content (AvgIpc) is 2.41. The molecule has 0 spiro atoms. The summed E-state index contributed by atoms with van der Waals surface area (Å²) in [5.74, 6) is -0.383. The minimum Gasteiger partial charge on any atom is -0.404 e. The van der Waals surface area contributed by atoms with Crippen LogP contribution >= 0.6 is 0 Å². The van der Waals surface area contributed by atoms with E-state index in [0.29, 0.717) is 5.69 Å². The fourth-order valence-corrected chi connectivity index (χ4v) is 1.70. The van der Waals surface area contributed by atoms with Crippen molar-refractivity contribution in [3.05, 3.63) is 48.0 Å². The smallest absolute Gasteiger partial charge is 0.404 e. The molecule has 2 aromatic rings. The van der Waals surface area contributed by atoms with Crippen molar-refractivity contribution in [3.8, 4) is 11.8 Å². The summed E-state index contributed by atoms with van der Waals surface area (Å²) in [6.45, 7) is 0. The van der Waals surface area contributed by atoms with Gasteiger partial charge in [-0.2, -0.15) is 5.26 Å². The number of ether oxygens (including phenoxy) is 1. The van der Waals surface area contributed by atoms with Crippen LogP contribution in [0.4, 0.5) is 30.2 Å². The number of alkyl halides is 3. The predicted octanol–water partition coefficient (Wildman–Crippen LogP) is 3.78. The summed E-state index contributed by atoms with van der Waals surface area (Å²) >= 11 is 0. The molecule has 4 nitrogen and oxygen atoms in total. The third-order valence-corrected chi connectivity index (χ3v) is 2.61. The zero-order valence-electron chi connectivity index (χ0n) is 10.6. The number of para-hydroxylation sites is 3. The Labute approximate surface area is 118 Å². The molecule has 0 aliphatic carbocycles. The van der Waals surface area contributed by atoms with Crippen LogP contribution in [-0.2, 0) is 0 Å². The number of nitrogens with zero attached hydrogens (tertiary/aromatic N) is 1. The molecule has 0 fully saturated rings. The molecule has 0 unspecified atom stereocenters. The van der Waals surface area contributed by atoms with Crippen LogP contribution in [0, 0.1) is 11.3 Å². The molecule has 2 aromatic carbocycles. The van der Waals surface area contributed by atoms with Crippen LogP contribution in [0.1, 0.15) is 5.56 Å². The molecule has 2 rings (SSSR count). The second kappa shape index (κ2) is 5.63. The molecule has 0 aliphatic heterocycles. The zero-order chi connectivity index (χ0) is 15.5. The topological polar surface area (TPSA) is 71.1 Å². The fraction of sp³-hybridized carbons (Fsp3) is 0.0714. The van der Waals surface area contributed by atoms with E-state index in [2.05, 4.69) is 10.1 Å². The summed E-state index contributed by atoms with van der Waals surface area (Å²) in [6.07, 6.45) is -4.79. The number of benzene rings is 2. The molecule has 0 saturated carbocycles. The highest BCUT2D eigenvalue weighted by Gasteiger charge is 2.32. The van der Waals surface area contributed by atoms with Crippen molar-refractivity contribution in [1.82, 2.24) is 0 Å². The molecule has 0 atom stereocenters. The summed E-state index contributed by atoms with van der Waals surface area (Å²) in [6, 6.07) is 12.1. The third kappa shape index (κ3) is 3.57. The largest absolute Gasteiger partial charge is 0.573 e. The first kappa shape index (κ1) is 14.5. The molecule has 0 bridgehead atoms. The van der Waals surface area contributed by atoms with Crippen molar-refractivity contribution in [2.45, 2.75) is 6.36 Å². The molecule has 0 amide bonds. The highest BCUT2D eigenvalue weighted by molar-refractivity contribution is 5.79.